The lowest BCUT2D eigenvalue weighted by atomic mass is 9.90. The second-order valence-corrected chi connectivity index (χ2v) is 10.8. The number of nitrogens with one attached hydrogen (secondary N) is 2. The Morgan fingerprint density at radius 1 is 1.10 bits per heavy atom. The Hall–Kier alpha value is -4.41. The van der Waals surface area contributed by atoms with Gasteiger partial charge in [-0.3, -0.25) is 14.5 Å². The highest BCUT2D eigenvalue weighted by molar-refractivity contribution is 6.23. The van der Waals surface area contributed by atoms with Crippen LogP contribution >= 0.6 is 0 Å². The molecule has 1 aliphatic carbocycles. The molecule has 0 saturated heterocycles. The minimum absolute atomic E-state index is 0.235. The molecule has 0 aromatic heterocycles. The molecule has 3 aromatic carbocycles. The maximum atomic E-state index is 15.4. The fourth-order valence-corrected chi connectivity index (χ4v) is 5.15. The van der Waals surface area contributed by atoms with Gasteiger partial charge in [-0.15, -0.1) is 0 Å². The fraction of sp³-hybridized carbons (Fsp3) is 0.312. The number of halogens is 1. The van der Waals surface area contributed by atoms with Gasteiger partial charge >= 0.3 is 6.03 Å². The summed E-state index contributed by atoms with van der Waals surface area (Å²) in [4.78, 5) is 41.5. The summed E-state index contributed by atoms with van der Waals surface area (Å²) in [6.45, 7) is 4.46. The van der Waals surface area contributed by atoms with E-state index in [0.29, 0.717) is 29.1 Å². The van der Waals surface area contributed by atoms with E-state index in [9.17, 15) is 19.5 Å². The van der Waals surface area contributed by atoms with Gasteiger partial charge in [0.2, 0.25) is 11.8 Å². The van der Waals surface area contributed by atoms with Crippen molar-refractivity contribution >= 4 is 29.7 Å². The summed E-state index contributed by atoms with van der Waals surface area (Å²) in [5.41, 5.74) is 5.14. The lowest BCUT2D eigenvalue weighted by molar-refractivity contribution is -0.134. The molecule has 218 valence electrons. The Balaban J connectivity index is 1.42. The predicted octanol–water partition coefficient (Wildman–Crippen LogP) is 4.62. The number of hydrogen-bond acceptors (Lipinski definition) is 6. The normalized spacial score (nSPS) is 17.4. The summed E-state index contributed by atoms with van der Waals surface area (Å²) >= 11 is 0. The number of carbonyl (C=O) groups excluding carboxylic acids is 3. The molecule has 1 unspecified atom stereocenters. The summed E-state index contributed by atoms with van der Waals surface area (Å²) in [5.74, 6) is -2.42. The predicted molar refractivity (Wildman–Crippen MR) is 158 cm³/mol. The van der Waals surface area contributed by atoms with Crippen LogP contribution in [0.1, 0.15) is 29.5 Å². The van der Waals surface area contributed by atoms with Crippen LogP contribution in [0.2, 0.25) is 0 Å². The lowest BCUT2D eigenvalue weighted by Crippen LogP contribution is -2.45. The highest BCUT2D eigenvalue weighted by Crippen LogP contribution is 2.38. The number of benzene rings is 3. The first kappa shape index (κ1) is 29.1. The van der Waals surface area contributed by atoms with Gasteiger partial charge in [-0.1, -0.05) is 30.3 Å². The maximum absolute atomic E-state index is 15.4. The highest BCUT2D eigenvalue weighted by Gasteiger charge is 2.39. The maximum Gasteiger partial charge on any atom is 0.349 e. The van der Waals surface area contributed by atoms with Crippen molar-refractivity contribution in [2.75, 3.05) is 26.0 Å². The van der Waals surface area contributed by atoms with Gasteiger partial charge in [-0.05, 0) is 78.3 Å². The topological polar surface area (TPSA) is 120 Å². The molecule has 0 spiro atoms. The molecule has 3 aromatic rings. The minimum Gasteiger partial charge on any atom is -0.496 e. The third-order valence-electron chi connectivity index (χ3n) is 7.98. The number of methoxy groups -OCH3 is 1. The molecular formula is C32H33FN4O5. The number of urea groups is 1. The van der Waals surface area contributed by atoms with Crippen molar-refractivity contribution in [1.29, 1.82) is 0 Å². The number of anilines is 1. The Labute approximate surface area is 243 Å². The Kier molecular flexibility index (Phi) is 7.94. The average Bonchev–Trinajstić information content (AvgIpc) is 3.70. The Morgan fingerprint density at radius 3 is 2.45 bits per heavy atom. The number of nitrogens with zero attached hydrogens (tertiary/aromatic N) is 2. The van der Waals surface area contributed by atoms with Crippen LogP contribution in [0.3, 0.4) is 0 Å². The molecule has 10 heteroatoms. The van der Waals surface area contributed by atoms with Gasteiger partial charge in [-0.2, -0.15) is 0 Å². The largest absolute Gasteiger partial charge is 0.496 e. The van der Waals surface area contributed by atoms with Crippen LogP contribution in [0.4, 0.5) is 14.9 Å². The molecule has 42 heavy (non-hydrogen) atoms. The van der Waals surface area contributed by atoms with E-state index in [4.69, 9.17) is 4.74 Å². The molecule has 1 saturated carbocycles. The average molecular weight is 573 g/mol. The second-order valence-electron chi connectivity index (χ2n) is 10.8. The van der Waals surface area contributed by atoms with Crippen LogP contribution in [0.15, 0.2) is 53.5 Å². The zero-order chi connectivity index (χ0) is 30.2. The van der Waals surface area contributed by atoms with Gasteiger partial charge in [0.05, 0.1) is 12.7 Å². The molecule has 2 aliphatic rings. The first-order valence-electron chi connectivity index (χ1n) is 13.7. The van der Waals surface area contributed by atoms with E-state index in [1.54, 1.807) is 12.1 Å². The molecule has 1 heterocycles. The van der Waals surface area contributed by atoms with Crippen molar-refractivity contribution in [1.82, 2.24) is 10.2 Å². The van der Waals surface area contributed by atoms with E-state index in [0.717, 1.165) is 51.8 Å². The number of rotatable bonds is 9. The molecule has 1 aliphatic heterocycles. The van der Waals surface area contributed by atoms with Gasteiger partial charge in [0.15, 0.2) is 5.92 Å². The number of amides is 4. The van der Waals surface area contributed by atoms with Crippen molar-refractivity contribution in [3.8, 4) is 28.0 Å². The summed E-state index contributed by atoms with van der Waals surface area (Å²) < 4.78 is 20.9. The lowest BCUT2D eigenvalue weighted by Gasteiger charge is -2.22. The molecule has 1 atom stereocenters. The summed E-state index contributed by atoms with van der Waals surface area (Å²) in [7, 11) is 2.79. The smallest absolute Gasteiger partial charge is 0.349 e. The van der Waals surface area contributed by atoms with Crippen LogP contribution in [0, 0.1) is 25.6 Å². The summed E-state index contributed by atoms with van der Waals surface area (Å²) in [6.07, 6.45) is 2.56. The van der Waals surface area contributed by atoms with Gasteiger partial charge in [0.25, 0.3) is 0 Å². The minimum atomic E-state index is -1.21. The van der Waals surface area contributed by atoms with Gasteiger partial charge in [0.1, 0.15) is 11.6 Å². The van der Waals surface area contributed by atoms with Crippen LogP contribution in [0.5, 0.6) is 5.75 Å². The standard InChI is InChI=1S/C32H33FN4O5/c1-18-21(20-13-26(33)24(28(14-20)42-4)15-34-17-32(41)11-12-32)7-5-8-22(18)23-9-6-10-27(19(23)2)36-29(38)25-16-35-31(40)37(3)30(25)39/h5-10,13-14,16,25,34,41H,11-12,15,17H2,1-4H3,(H,36,38). The van der Waals surface area contributed by atoms with Crippen molar-refractivity contribution in [3.05, 3.63) is 71.0 Å². The van der Waals surface area contributed by atoms with Gasteiger partial charge in [0, 0.05) is 37.6 Å². The molecule has 0 bridgehead atoms. The first-order valence-corrected chi connectivity index (χ1v) is 13.7. The summed E-state index contributed by atoms with van der Waals surface area (Å²) in [6, 6.07) is 13.8. The number of imide groups is 1. The molecule has 3 N–H and O–H groups in total. The molecule has 0 radical (unpaired) electrons. The van der Waals surface area contributed by atoms with E-state index in [1.165, 1.54) is 20.2 Å². The number of carbonyl (C=O) groups is 3. The number of aliphatic imine (C=N–C) groups is 1. The van der Waals surface area contributed by atoms with Crippen LogP contribution in [0.25, 0.3) is 22.3 Å². The molecule has 9 nitrogen and oxygen atoms in total. The Morgan fingerprint density at radius 2 is 1.76 bits per heavy atom. The SMILES string of the molecule is COc1cc(-c2cccc(-c3cccc(NC(=O)C4C=NC(=O)N(C)C4=O)c3C)c2C)cc(F)c1CNCC1(O)CC1. The third-order valence-corrected chi connectivity index (χ3v) is 7.98. The molecule has 4 amide bonds. The van der Waals surface area contributed by atoms with Gasteiger partial charge in [-0.25, -0.2) is 14.2 Å². The third kappa shape index (κ3) is 5.68. The molecule has 1 fully saturated rings. The van der Waals surface area contributed by atoms with Gasteiger partial charge < -0.3 is 20.5 Å². The van der Waals surface area contributed by atoms with Crippen molar-refractivity contribution in [3.63, 3.8) is 0 Å². The highest BCUT2D eigenvalue weighted by atomic mass is 19.1. The fourth-order valence-electron chi connectivity index (χ4n) is 5.15. The molecule has 5 rings (SSSR count). The van der Waals surface area contributed by atoms with Crippen LogP contribution in [-0.4, -0.2) is 60.4 Å². The van der Waals surface area contributed by atoms with Crippen LogP contribution in [-0.2, 0) is 16.1 Å². The second kappa shape index (κ2) is 11.5. The van der Waals surface area contributed by atoms with E-state index >= 15 is 4.39 Å². The Bertz CT molecular complexity index is 1610. The van der Waals surface area contributed by atoms with Crippen LogP contribution < -0.4 is 15.4 Å². The summed E-state index contributed by atoms with van der Waals surface area (Å²) in [5, 5.41) is 16.0. The monoisotopic (exact) mass is 572 g/mol. The number of ether oxygens (including phenoxy) is 1. The zero-order valence-electron chi connectivity index (χ0n) is 24.0. The van der Waals surface area contributed by atoms with E-state index in [1.807, 2.05) is 44.2 Å². The number of hydrogen-bond donors (Lipinski definition) is 3. The first-order chi connectivity index (χ1) is 20.0. The van der Waals surface area contributed by atoms with Crippen molar-refractivity contribution in [2.24, 2.45) is 10.9 Å². The van der Waals surface area contributed by atoms with E-state index < -0.39 is 35.2 Å². The van der Waals surface area contributed by atoms with Crippen molar-refractivity contribution in [2.45, 2.75) is 38.8 Å². The van der Waals surface area contributed by atoms with Crippen molar-refractivity contribution < 1.29 is 28.6 Å². The quantitative estimate of drug-likeness (QED) is 0.322. The number of aliphatic hydroxyl groups is 1. The zero-order valence-corrected chi connectivity index (χ0v) is 24.0. The van der Waals surface area contributed by atoms with E-state index in [-0.39, 0.29) is 6.54 Å². The molecular weight excluding hydrogens is 539 g/mol. The van der Waals surface area contributed by atoms with E-state index in [2.05, 4.69) is 15.6 Å².